The Morgan fingerprint density at radius 1 is 1.04 bits per heavy atom. The van der Waals surface area contributed by atoms with Gasteiger partial charge in [0, 0.05) is 24.7 Å². The van der Waals surface area contributed by atoms with Crippen molar-refractivity contribution in [3.63, 3.8) is 0 Å². The van der Waals surface area contributed by atoms with Gasteiger partial charge < -0.3 is 14.4 Å². The van der Waals surface area contributed by atoms with Gasteiger partial charge >= 0.3 is 0 Å². The lowest BCUT2D eigenvalue weighted by Gasteiger charge is -2.20. The highest BCUT2D eigenvalue weighted by atomic mass is 16.5. The van der Waals surface area contributed by atoms with Crippen LogP contribution in [0.3, 0.4) is 0 Å². The van der Waals surface area contributed by atoms with E-state index in [0.29, 0.717) is 23.6 Å². The van der Waals surface area contributed by atoms with Gasteiger partial charge in [0.05, 0.1) is 14.2 Å². The molecule has 0 aliphatic heterocycles. The van der Waals surface area contributed by atoms with Gasteiger partial charge in [-0.25, -0.2) is 0 Å². The van der Waals surface area contributed by atoms with Crippen molar-refractivity contribution in [2.45, 2.75) is 20.4 Å². The van der Waals surface area contributed by atoms with Crippen LogP contribution in [0.4, 0.5) is 0 Å². The molecule has 0 aromatic heterocycles. The first kappa shape index (κ1) is 16.9. The first-order chi connectivity index (χ1) is 11.0. The molecule has 0 spiro atoms. The average molecular weight is 313 g/mol. The number of methoxy groups -OCH3 is 2. The number of amides is 1. The molecular weight excluding hydrogens is 290 g/mol. The molecule has 0 fully saturated rings. The smallest absolute Gasteiger partial charge is 0.254 e. The van der Waals surface area contributed by atoms with Crippen LogP contribution in [-0.4, -0.2) is 32.1 Å². The number of carbonyl (C=O) groups is 1. The Balaban J connectivity index is 2.27. The van der Waals surface area contributed by atoms with E-state index in [2.05, 4.69) is 0 Å². The maximum Gasteiger partial charge on any atom is 0.254 e. The third kappa shape index (κ3) is 3.65. The van der Waals surface area contributed by atoms with Crippen molar-refractivity contribution in [2.24, 2.45) is 0 Å². The lowest BCUT2D eigenvalue weighted by atomic mass is 10.1. The Morgan fingerprint density at radius 2 is 1.61 bits per heavy atom. The molecule has 23 heavy (non-hydrogen) atoms. The van der Waals surface area contributed by atoms with Gasteiger partial charge in [-0.05, 0) is 37.1 Å². The number of rotatable bonds is 5. The fourth-order valence-corrected chi connectivity index (χ4v) is 2.54. The molecule has 0 unspecified atom stereocenters. The average Bonchev–Trinajstić information content (AvgIpc) is 2.56. The van der Waals surface area contributed by atoms with E-state index in [9.17, 15) is 4.79 Å². The fraction of sp³-hybridized carbons (Fsp3) is 0.316. The molecule has 0 bridgehead atoms. The number of ether oxygens (including phenoxy) is 2. The molecule has 0 radical (unpaired) electrons. The number of hydrogen-bond acceptors (Lipinski definition) is 3. The highest BCUT2D eigenvalue weighted by molar-refractivity contribution is 5.95. The molecule has 0 aliphatic rings. The molecule has 0 heterocycles. The van der Waals surface area contributed by atoms with Gasteiger partial charge in [0.15, 0.2) is 0 Å². The fourth-order valence-electron chi connectivity index (χ4n) is 2.54. The van der Waals surface area contributed by atoms with Crippen molar-refractivity contribution in [3.05, 3.63) is 58.7 Å². The molecule has 0 aliphatic carbocycles. The standard InChI is InChI=1S/C19H23NO3/c1-13-8-6-7-9-15(13)12-20(3)19(21)16-10-17(22-4)14(2)18(11-16)23-5/h6-11H,12H2,1-5H3. The normalized spacial score (nSPS) is 10.3. The lowest BCUT2D eigenvalue weighted by Crippen LogP contribution is -2.26. The van der Waals surface area contributed by atoms with Gasteiger partial charge in [-0.3, -0.25) is 4.79 Å². The van der Waals surface area contributed by atoms with E-state index >= 15 is 0 Å². The van der Waals surface area contributed by atoms with E-state index in [-0.39, 0.29) is 5.91 Å². The van der Waals surface area contributed by atoms with E-state index in [4.69, 9.17) is 9.47 Å². The summed E-state index contributed by atoms with van der Waals surface area (Å²) in [6.07, 6.45) is 0. The van der Waals surface area contributed by atoms with Crippen LogP contribution in [0.25, 0.3) is 0 Å². The number of hydrogen-bond donors (Lipinski definition) is 0. The van der Waals surface area contributed by atoms with Gasteiger partial charge in [-0.1, -0.05) is 24.3 Å². The molecular formula is C19H23NO3. The number of nitrogens with zero attached hydrogens (tertiary/aromatic N) is 1. The van der Waals surface area contributed by atoms with Crippen LogP contribution < -0.4 is 9.47 Å². The summed E-state index contributed by atoms with van der Waals surface area (Å²) in [5.74, 6) is 1.24. The zero-order chi connectivity index (χ0) is 17.0. The largest absolute Gasteiger partial charge is 0.496 e. The van der Waals surface area contributed by atoms with E-state index < -0.39 is 0 Å². The molecule has 0 saturated heterocycles. The molecule has 4 heteroatoms. The van der Waals surface area contributed by atoms with Gasteiger partial charge in [-0.15, -0.1) is 0 Å². The first-order valence-corrected chi connectivity index (χ1v) is 7.50. The molecule has 0 N–H and O–H groups in total. The summed E-state index contributed by atoms with van der Waals surface area (Å²) in [6.45, 7) is 4.51. The van der Waals surface area contributed by atoms with E-state index in [1.807, 2.05) is 38.1 Å². The van der Waals surface area contributed by atoms with Crippen LogP contribution in [0.1, 0.15) is 27.0 Å². The van der Waals surface area contributed by atoms with Crippen molar-refractivity contribution in [1.82, 2.24) is 4.90 Å². The lowest BCUT2D eigenvalue weighted by molar-refractivity contribution is 0.0784. The van der Waals surface area contributed by atoms with Crippen molar-refractivity contribution in [1.29, 1.82) is 0 Å². The quantitative estimate of drug-likeness (QED) is 0.846. The second-order valence-electron chi connectivity index (χ2n) is 5.59. The van der Waals surface area contributed by atoms with Crippen molar-refractivity contribution < 1.29 is 14.3 Å². The first-order valence-electron chi connectivity index (χ1n) is 7.50. The second-order valence-corrected chi connectivity index (χ2v) is 5.59. The Morgan fingerprint density at radius 3 is 2.13 bits per heavy atom. The van der Waals surface area contributed by atoms with Crippen LogP contribution in [0.15, 0.2) is 36.4 Å². The molecule has 1 amide bonds. The topological polar surface area (TPSA) is 38.8 Å². The summed E-state index contributed by atoms with van der Waals surface area (Å²) in [5, 5.41) is 0. The second kappa shape index (κ2) is 7.18. The minimum atomic E-state index is -0.0650. The van der Waals surface area contributed by atoms with E-state index in [1.54, 1.807) is 38.3 Å². The van der Waals surface area contributed by atoms with Crippen molar-refractivity contribution in [3.8, 4) is 11.5 Å². The summed E-state index contributed by atoms with van der Waals surface area (Å²) in [4.78, 5) is 14.4. The number of aryl methyl sites for hydroxylation is 1. The van der Waals surface area contributed by atoms with Gasteiger partial charge in [0.2, 0.25) is 0 Å². The molecule has 2 aromatic carbocycles. The Hall–Kier alpha value is -2.49. The van der Waals surface area contributed by atoms with E-state index in [1.165, 1.54) is 5.56 Å². The third-order valence-corrected chi connectivity index (χ3v) is 4.01. The van der Waals surface area contributed by atoms with Gasteiger partial charge in [0.25, 0.3) is 5.91 Å². The van der Waals surface area contributed by atoms with Crippen molar-refractivity contribution in [2.75, 3.05) is 21.3 Å². The van der Waals surface area contributed by atoms with Crippen LogP contribution in [-0.2, 0) is 6.54 Å². The molecule has 122 valence electrons. The summed E-state index contributed by atoms with van der Waals surface area (Å²) in [5.41, 5.74) is 3.74. The third-order valence-electron chi connectivity index (χ3n) is 4.01. The monoisotopic (exact) mass is 313 g/mol. The van der Waals surface area contributed by atoms with E-state index in [0.717, 1.165) is 11.1 Å². The summed E-state index contributed by atoms with van der Waals surface area (Å²) < 4.78 is 10.7. The molecule has 0 atom stereocenters. The molecule has 2 aromatic rings. The number of benzene rings is 2. The Bertz CT molecular complexity index is 685. The zero-order valence-electron chi connectivity index (χ0n) is 14.3. The highest BCUT2D eigenvalue weighted by Gasteiger charge is 2.17. The van der Waals surface area contributed by atoms with Gasteiger partial charge in [-0.2, -0.15) is 0 Å². The Kier molecular flexibility index (Phi) is 5.27. The highest BCUT2D eigenvalue weighted by Crippen LogP contribution is 2.30. The predicted molar refractivity (Wildman–Crippen MR) is 91.3 cm³/mol. The summed E-state index contributed by atoms with van der Waals surface area (Å²) in [6, 6.07) is 11.6. The maximum absolute atomic E-state index is 12.7. The number of carbonyl (C=O) groups excluding carboxylic acids is 1. The minimum absolute atomic E-state index is 0.0650. The van der Waals surface area contributed by atoms with Crippen LogP contribution in [0.5, 0.6) is 11.5 Å². The molecule has 4 nitrogen and oxygen atoms in total. The zero-order valence-corrected chi connectivity index (χ0v) is 14.3. The Labute approximate surface area is 137 Å². The van der Waals surface area contributed by atoms with Gasteiger partial charge in [0.1, 0.15) is 11.5 Å². The molecule has 2 rings (SSSR count). The van der Waals surface area contributed by atoms with Crippen LogP contribution in [0, 0.1) is 13.8 Å². The predicted octanol–water partition coefficient (Wildman–Crippen LogP) is 3.59. The summed E-state index contributed by atoms with van der Waals surface area (Å²) in [7, 11) is 4.98. The van der Waals surface area contributed by atoms with Crippen molar-refractivity contribution >= 4 is 5.91 Å². The maximum atomic E-state index is 12.7. The van der Waals surface area contributed by atoms with Crippen LogP contribution >= 0.6 is 0 Å². The minimum Gasteiger partial charge on any atom is -0.496 e. The SMILES string of the molecule is COc1cc(C(=O)N(C)Cc2ccccc2C)cc(OC)c1C. The van der Waals surface area contributed by atoms with Crippen LogP contribution in [0.2, 0.25) is 0 Å². The molecule has 0 saturated carbocycles. The summed E-state index contributed by atoms with van der Waals surface area (Å²) >= 11 is 0.